The van der Waals surface area contributed by atoms with E-state index in [-0.39, 0.29) is 30.2 Å². The number of carbonyl (C=O) groups is 1. The van der Waals surface area contributed by atoms with Crippen molar-refractivity contribution in [3.63, 3.8) is 0 Å². The predicted molar refractivity (Wildman–Crippen MR) is 102 cm³/mol. The molecule has 0 spiro atoms. The number of tetrazole rings is 1. The molecule has 148 valence electrons. The Kier molecular flexibility index (Phi) is 7.26. The summed E-state index contributed by atoms with van der Waals surface area (Å²) in [4.78, 5) is 15.2. The molecule has 1 aliphatic rings. The summed E-state index contributed by atoms with van der Waals surface area (Å²) in [5, 5.41) is 11.6. The molecule has 2 N–H and O–H groups in total. The number of likely N-dealkylation sites (tertiary alicyclic amines) is 1. The molecule has 0 saturated carbocycles. The average molecular weight is 397 g/mol. The van der Waals surface area contributed by atoms with Crippen molar-refractivity contribution < 1.29 is 9.18 Å². The summed E-state index contributed by atoms with van der Waals surface area (Å²) < 4.78 is 14.8. The van der Waals surface area contributed by atoms with E-state index >= 15 is 0 Å². The van der Waals surface area contributed by atoms with E-state index in [4.69, 9.17) is 5.73 Å². The molecule has 7 nitrogen and oxygen atoms in total. The minimum atomic E-state index is -0.553. The first-order chi connectivity index (χ1) is 12.5. The number of hydrogen-bond donors (Lipinski definition) is 1. The molecule has 3 atom stereocenters. The molecule has 1 aromatic heterocycles. The fraction of sp³-hybridized carbons (Fsp3) is 0.556. The zero-order chi connectivity index (χ0) is 18.7. The van der Waals surface area contributed by atoms with Gasteiger partial charge in [0.15, 0.2) is 0 Å². The average Bonchev–Trinajstić information content (AvgIpc) is 3.06. The lowest BCUT2D eigenvalue weighted by molar-refractivity contribution is -0.137. The number of rotatable bonds is 5. The lowest BCUT2D eigenvalue weighted by atomic mass is 9.91. The van der Waals surface area contributed by atoms with Crippen molar-refractivity contribution in [3.05, 3.63) is 41.5 Å². The van der Waals surface area contributed by atoms with Crippen LogP contribution in [0.4, 0.5) is 4.39 Å². The van der Waals surface area contributed by atoms with Crippen LogP contribution in [-0.2, 0) is 11.2 Å². The maximum atomic E-state index is 13.3. The van der Waals surface area contributed by atoms with Crippen LogP contribution in [0.5, 0.6) is 0 Å². The molecule has 2 aromatic rings. The highest BCUT2D eigenvalue weighted by Crippen LogP contribution is 2.24. The first kappa shape index (κ1) is 21.2. The van der Waals surface area contributed by atoms with Crippen LogP contribution in [0, 0.1) is 18.7 Å². The second-order valence-electron chi connectivity index (χ2n) is 7.06. The Morgan fingerprint density at radius 1 is 1.37 bits per heavy atom. The van der Waals surface area contributed by atoms with Gasteiger partial charge in [-0.2, -0.15) is 0 Å². The summed E-state index contributed by atoms with van der Waals surface area (Å²) in [6.07, 6.45) is 2.38. The van der Waals surface area contributed by atoms with Gasteiger partial charge in [-0.1, -0.05) is 12.1 Å². The van der Waals surface area contributed by atoms with Crippen molar-refractivity contribution in [3.8, 4) is 0 Å². The van der Waals surface area contributed by atoms with Gasteiger partial charge in [0.2, 0.25) is 5.91 Å². The number of aryl methyl sites for hydroxylation is 1. The zero-order valence-electron chi connectivity index (χ0n) is 15.6. The molecule has 9 heteroatoms. The van der Waals surface area contributed by atoms with Gasteiger partial charge in [-0.05, 0) is 60.7 Å². The maximum absolute atomic E-state index is 13.3. The first-order valence-corrected chi connectivity index (χ1v) is 8.99. The van der Waals surface area contributed by atoms with Crippen LogP contribution >= 0.6 is 12.4 Å². The summed E-state index contributed by atoms with van der Waals surface area (Å²) in [7, 11) is 0. The molecule has 3 rings (SSSR count). The first-order valence-electron chi connectivity index (χ1n) is 8.99. The quantitative estimate of drug-likeness (QED) is 0.833. The molecular weight excluding hydrogens is 371 g/mol. The standard InChI is InChI=1S/C18H25FN6O.ClH/c1-12(20)15-4-3-9-24(11-15)18(26)17(25-13(2)21-22-23-25)10-14-5-7-16(19)8-6-14;/h5-8,12,15,17H,3-4,9-11,20H2,1-2H3;1H. The van der Waals surface area contributed by atoms with E-state index < -0.39 is 6.04 Å². The predicted octanol–water partition coefficient (Wildman–Crippen LogP) is 1.91. The third-order valence-corrected chi connectivity index (χ3v) is 5.09. The molecule has 1 fully saturated rings. The highest BCUT2D eigenvalue weighted by Gasteiger charge is 2.32. The van der Waals surface area contributed by atoms with E-state index in [0.29, 0.717) is 31.3 Å². The second kappa shape index (κ2) is 9.23. The van der Waals surface area contributed by atoms with Crippen LogP contribution in [0.2, 0.25) is 0 Å². The van der Waals surface area contributed by atoms with Crippen LogP contribution in [0.15, 0.2) is 24.3 Å². The van der Waals surface area contributed by atoms with Crippen molar-refractivity contribution in [2.45, 2.75) is 45.2 Å². The number of nitrogens with two attached hydrogens (primary N) is 1. The van der Waals surface area contributed by atoms with Gasteiger partial charge >= 0.3 is 0 Å². The molecule has 0 bridgehead atoms. The molecule has 1 aliphatic heterocycles. The summed E-state index contributed by atoms with van der Waals surface area (Å²) in [6.45, 7) is 5.12. The van der Waals surface area contributed by atoms with Gasteiger partial charge in [-0.3, -0.25) is 4.79 Å². The van der Waals surface area contributed by atoms with Crippen molar-refractivity contribution >= 4 is 18.3 Å². The normalized spacial score (nSPS) is 19.3. The number of amides is 1. The number of benzene rings is 1. The molecule has 1 aromatic carbocycles. The van der Waals surface area contributed by atoms with E-state index in [1.54, 1.807) is 23.7 Å². The highest BCUT2D eigenvalue weighted by molar-refractivity contribution is 5.85. The summed E-state index contributed by atoms with van der Waals surface area (Å²) >= 11 is 0. The summed E-state index contributed by atoms with van der Waals surface area (Å²) in [5.41, 5.74) is 6.91. The lowest BCUT2D eigenvalue weighted by Gasteiger charge is -2.36. The van der Waals surface area contributed by atoms with Crippen LogP contribution in [0.25, 0.3) is 0 Å². The maximum Gasteiger partial charge on any atom is 0.247 e. The second-order valence-corrected chi connectivity index (χ2v) is 7.06. The molecular formula is C18H26ClFN6O. The minimum absolute atomic E-state index is 0. The molecule has 3 unspecified atom stereocenters. The summed E-state index contributed by atoms with van der Waals surface area (Å²) in [5.74, 6) is 0.557. The van der Waals surface area contributed by atoms with Gasteiger partial charge in [0.05, 0.1) is 0 Å². The Bertz CT molecular complexity index is 751. The van der Waals surface area contributed by atoms with Crippen molar-refractivity contribution in [1.29, 1.82) is 0 Å². The fourth-order valence-corrected chi connectivity index (χ4v) is 3.50. The van der Waals surface area contributed by atoms with E-state index in [0.717, 1.165) is 18.4 Å². The monoisotopic (exact) mass is 396 g/mol. The Balaban J connectivity index is 0.00000261. The lowest BCUT2D eigenvalue weighted by Crippen LogP contribution is -2.48. The number of hydrogen-bond acceptors (Lipinski definition) is 5. The molecule has 0 aliphatic carbocycles. The van der Waals surface area contributed by atoms with E-state index in [1.807, 2.05) is 11.8 Å². The highest BCUT2D eigenvalue weighted by atomic mass is 35.5. The number of carbonyl (C=O) groups excluding carboxylic acids is 1. The van der Waals surface area contributed by atoms with Crippen LogP contribution in [0.3, 0.4) is 0 Å². The van der Waals surface area contributed by atoms with Crippen molar-refractivity contribution in [2.24, 2.45) is 11.7 Å². The molecule has 27 heavy (non-hydrogen) atoms. The van der Waals surface area contributed by atoms with Crippen LogP contribution in [-0.4, -0.2) is 50.1 Å². The van der Waals surface area contributed by atoms with Gasteiger partial charge in [0.1, 0.15) is 17.7 Å². The third-order valence-electron chi connectivity index (χ3n) is 5.09. The van der Waals surface area contributed by atoms with E-state index in [9.17, 15) is 9.18 Å². The van der Waals surface area contributed by atoms with E-state index in [2.05, 4.69) is 15.5 Å². The Hall–Kier alpha value is -2.06. The van der Waals surface area contributed by atoms with Crippen LogP contribution < -0.4 is 5.73 Å². The summed E-state index contributed by atoms with van der Waals surface area (Å²) in [6, 6.07) is 5.68. The number of halogens is 2. The van der Waals surface area contributed by atoms with Gasteiger partial charge in [-0.25, -0.2) is 9.07 Å². The molecule has 1 amide bonds. The van der Waals surface area contributed by atoms with Crippen LogP contribution in [0.1, 0.15) is 37.2 Å². The van der Waals surface area contributed by atoms with Gasteiger partial charge < -0.3 is 10.6 Å². The van der Waals surface area contributed by atoms with Crippen molar-refractivity contribution in [2.75, 3.05) is 13.1 Å². The Labute approximate surface area is 164 Å². The SMILES string of the molecule is Cc1nnnn1C(Cc1ccc(F)cc1)C(=O)N1CCCC(C(C)N)C1.Cl. The van der Waals surface area contributed by atoms with Gasteiger partial charge in [-0.15, -0.1) is 17.5 Å². The largest absolute Gasteiger partial charge is 0.340 e. The van der Waals surface area contributed by atoms with Crippen molar-refractivity contribution in [1.82, 2.24) is 25.1 Å². The Morgan fingerprint density at radius 2 is 2.07 bits per heavy atom. The van der Waals surface area contributed by atoms with Gasteiger partial charge in [0, 0.05) is 25.6 Å². The number of aromatic nitrogens is 4. The Morgan fingerprint density at radius 3 is 2.67 bits per heavy atom. The number of nitrogens with zero attached hydrogens (tertiary/aromatic N) is 5. The smallest absolute Gasteiger partial charge is 0.247 e. The molecule has 0 radical (unpaired) electrons. The molecule has 1 saturated heterocycles. The third kappa shape index (κ3) is 5.01. The fourth-order valence-electron chi connectivity index (χ4n) is 3.50. The number of piperidine rings is 1. The zero-order valence-corrected chi connectivity index (χ0v) is 16.4. The van der Waals surface area contributed by atoms with E-state index in [1.165, 1.54) is 12.1 Å². The van der Waals surface area contributed by atoms with Gasteiger partial charge in [0.25, 0.3) is 0 Å². The molecule has 2 heterocycles. The topological polar surface area (TPSA) is 89.9 Å². The minimum Gasteiger partial charge on any atom is -0.340 e.